The van der Waals surface area contributed by atoms with Crippen molar-refractivity contribution in [2.75, 3.05) is 11.9 Å². The Morgan fingerprint density at radius 1 is 1.07 bits per heavy atom. The maximum Gasteiger partial charge on any atom is 0.328 e. The van der Waals surface area contributed by atoms with E-state index in [2.05, 4.69) is 10.6 Å². The molecule has 1 heterocycles. The molecule has 0 radical (unpaired) electrons. The van der Waals surface area contributed by atoms with Crippen molar-refractivity contribution in [1.82, 2.24) is 5.32 Å². The minimum atomic E-state index is -0.704. The minimum Gasteiger partial charge on any atom is -0.464 e. The van der Waals surface area contributed by atoms with Crippen molar-refractivity contribution in [2.45, 2.75) is 26.3 Å². The third-order valence-corrected chi connectivity index (χ3v) is 4.24. The highest BCUT2D eigenvalue weighted by Gasteiger charge is 2.17. The van der Waals surface area contributed by atoms with Gasteiger partial charge in [0, 0.05) is 11.1 Å². The molecular formula is C22H22N2O5. The van der Waals surface area contributed by atoms with Crippen LogP contribution in [-0.2, 0) is 20.7 Å². The van der Waals surface area contributed by atoms with Crippen LogP contribution in [-0.4, -0.2) is 30.4 Å². The number of hydrogen-bond acceptors (Lipinski definition) is 5. The Labute approximate surface area is 168 Å². The molecule has 2 N–H and O–H groups in total. The number of rotatable bonds is 7. The Morgan fingerprint density at radius 3 is 2.48 bits per heavy atom. The van der Waals surface area contributed by atoms with Crippen LogP contribution in [0.25, 0.3) is 11.0 Å². The molecule has 7 nitrogen and oxygen atoms in total. The van der Waals surface area contributed by atoms with Crippen molar-refractivity contribution in [3.63, 3.8) is 0 Å². The van der Waals surface area contributed by atoms with E-state index < -0.39 is 12.0 Å². The van der Waals surface area contributed by atoms with Crippen LogP contribution in [0.4, 0.5) is 5.69 Å². The van der Waals surface area contributed by atoms with Crippen LogP contribution in [0.5, 0.6) is 0 Å². The molecule has 0 saturated heterocycles. The summed E-state index contributed by atoms with van der Waals surface area (Å²) in [7, 11) is 0. The van der Waals surface area contributed by atoms with Gasteiger partial charge in [0.05, 0.1) is 13.0 Å². The van der Waals surface area contributed by atoms with Crippen molar-refractivity contribution >= 4 is 34.4 Å². The molecule has 150 valence electrons. The molecule has 1 atom stereocenters. The SMILES string of the molecule is CCOC(=O)C(C)NC(=O)Cc1ccc(NC(=O)c2cc3ccccc3o2)cc1. The van der Waals surface area contributed by atoms with E-state index >= 15 is 0 Å². The van der Waals surface area contributed by atoms with E-state index in [1.165, 1.54) is 0 Å². The van der Waals surface area contributed by atoms with E-state index in [-0.39, 0.29) is 30.6 Å². The topological polar surface area (TPSA) is 97.6 Å². The molecule has 1 aromatic heterocycles. The van der Waals surface area contributed by atoms with Gasteiger partial charge in [0.15, 0.2) is 5.76 Å². The highest BCUT2D eigenvalue weighted by atomic mass is 16.5. The van der Waals surface area contributed by atoms with Crippen LogP contribution in [0.2, 0.25) is 0 Å². The van der Waals surface area contributed by atoms with Gasteiger partial charge >= 0.3 is 5.97 Å². The van der Waals surface area contributed by atoms with Gasteiger partial charge in [-0.2, -0.15) is 0 Å². The monoisotopic (exact) mass is 394 g/mol. The lowest BCUT2D eigenvalue weighted by Gasteiger charge is -2.12. The lowest BCUT2D eigenvalue weighted by Crippen LogP contribution is -2.40. The third kappa shape index (κ3) is 5.22. The Bertz CT molecular complexity index is 990. The fourth-order valence-corrected chi connectivity index (χ4v) is 2.80. The van der Waals surface area contributed by atoms with Gasteiger partial charge in [0.1, 0.15) is 11.6 Å². The average molecular weight is 394 g/mol. The largest absolute Gasteiger partial charge is 0.464 e. The first-order valence-corrected chi connectivity index (χ1v) is 9.31. The zero-order valence-corrected chi connectivity index (χ0v) is 16.2. The van der Waals surface area contributed by atoms with Crippen molar-refractivity contribution in [1.29, 1.82) is 0 Å². The molecule has 0 aliphatic carbocycles. The Hall–Kier alpha value is -3.61. The molecule has 2 amide bonds. The Morgan fingerprint density at radius 2 is 1.79 bits per heavy atom. The van der Waals surface area contributed by atoms with Gasteiger partial charge < -0.3 is 19.8 Å². The Balaban J connectivity index is 1.56. The molecule has 7 heteroatoms. The molecule has 0 fully saturated rings. The maximum atomic E-state index is 12.4. The first kappa shape index (κ1) is 20.1. The molecule has 1 unspecified atom stereocenters. The number of benzene rings is 2. The number of esters is 1. The summed E-state index contributed by atoms with van der Waals surface area (Å²) in [6.07, 6.45) is 0.113. The second-order valence-corrected chi connectivity index (χ2v) is 6.52. The van der Waals surface area contributed by atoms with Gasteiger partial charge in [-0.1, -0.05) is 30.3 Å². The standard InChI is InChI=1S/C22H22N2O5/c1-3-28-22(27)14(2)23-20(25)12-15-8-10-17(11-9-15)24-21(26)19-13-16-6-4-5-7-18(16)29-19/h4-11,13-14H,3,12H2,1-2H3,(H,23,25)(H,24,26). The number of hydrogen-bond donors (Lipinski definition) is 2. The first-order chi connectivity index (χ1) is 14.0. The summed E-state index contributed by atoms with van der Waals surface area (Å²) in [4.78, 5) is 36.0. The number of anilines is 1. The van der Waals surface area contributed by atoms with Crippen LogP contribution in [0.3, 0.4) is 0 Å². The van der Waals surface area contributed by atoms with Crippen molar-refractivity contribution in [2.24, 2.45) is 0 Å². The molecule has 0 saturated carbocycles. The second kappa shape index (κ2) is 9.05. The zero-order chi connectivity index (χ0) is 20.8. The predicted molar refractivity (Wildman–Crippen MR) is 109 cm³/mol. The van der Waals surface area contributed by atoms with Crippen LogP contribution < -0.4 is 10.6 Å². The molecule has 0 aliphatic heterocycles. The number of para-hydroxylation sites is 1. The summed E-state index contributed by atoms with van der Waals surface area (Å²) in [6, 6.07) is 15.3. The van der Waals surface area contributed by atoms with E-state index in [0.717, 1.165) is 10.9 Å². The first-order valence-electron chi connectivity index (χ1n) is 9.31. The average Bonchev–Trinajstić information content (AvgIpc) is 3.14. The Kier molecular flexibility index (Phi) is 6.29. The molecule has 3 aromatic rings. The fourth-order valence-electron chi connectivity index (χ4n) is 2.80. The molecule has 0 bridgehead atoms. The summed E-state index contributed by atoms with van der Waals surface area (Å²) < 4.78 is 10.4. The summed E-state index contributed by atoms with van der Waals surface area (Å²) in [5.41, 5.74) is 1.98. The van der Waals surface area contributed by atoms with Gasteiger partial charge in [-0.25, -0.2) is 4.79 Å². The highest BCUT2D eigenvalue weighted by Crippen LogP contribution is 2.20. The summed E-state index contributed by atoms with van der Waals surface area (Å²) in [5.74, 6) is -0.883. The van der Waals surface area contributed by atoms with Gasteiger partial charge in [0.2, 0.25) is 5.91 Å². The number of fused-ring (bicyclic) bond motifs is 1. The van der Waals surface area contributed by atoms with Gasteiger partial charge in [0.25, 0.3) is 5.91 Å². The smallest absolute Gasteiger partial charge is 0.328 e. The molecule has 29 heavy (non-hydrogen) atoms. The predicted octanol–water partition coefficient (Wildman–Crippen LogP) is 3.30. The molecule has 0 spiro atoms. The van der Waals surface area contributed by atoms with Gasteiger partial charge in [-0.3, -0.25) is 9.59 Å². The number of nitrogens with one attached hydrogen (secondary N) is 2. The molecular weight excluding hydrogens is 372 g/mol. The normalized spacial score (nSPS) is 11.7. The van der Waals surface area contributed by atoms with E-state index in [0.29, 0.717) is 11.3 Å². The molecule has 3 rings (SSSR count). The van der Waals surface area contributed by atoms with Crippen molar-refractivity contribution in [3.05, 3.63) is 65.9 Å². The van der Waals surface area contributed by atoms with Crippen LogP contribution in [0.15, 0.2) is 59.0 Å². The fraction of sp³-hybridized carbons (Fsp3) is 0.227. The van der Waals surface area contributed by atoms with Gasteiger partial charge in [-0.05, 0) is 43.7 Å². The number of amides is 2. The lowest BCUT2D eigenvalue weighted by molar-refractivity contribution is -0.146. The van der Waals surface area contributed by atoms with Crippen LogP contribution in [0.1, 0.15) is 30.0 Å². The second-order valence-electron chi connectivity index (χ2n) is 6.52. The van der Waals surface area contributed by atoms with Crippen LogP contribution in [0, 0.1) is 0 Å². The number of furan rings is 1. The third-order valence-electron chi connectivity index (χ3n) is 4.24. The lowest BCUT2D eigenvalue weighted by atomic mass is 10.1. The number of carbonyl (C=O) groups excluding carboxylic acids is 3. The molecule has 0 aliphatic rings. The summed E-state index contributed by atoms with van der Waals surface area (Å²) in [5, 5.41) is 6.22. The van der Waals surface area contributed by atoms with E-state index in [9.17, 15) is 14.4 Å². The minimum absolute atomic E-state index is 0.113. The van der Waals surface area contributed by atoms with E-state index in [4.69, 9.17) is 9.15 Å². The summed E-state index contributed by atoms with van der Waals surface area (Å²) in [6.45, 7) is 3.55. The number of carbonyl (C=O) groups is 3. The highest BCUT2D eigenvalue weighted by molar-refractivity contribution is 6.04. The van der Waals surface area contributed by atoms with Gasteiger partial charge in [-0.15, -0.1) is 0 Å². The maximum absolute atomic E-state index is 12.4. The summed E-state index contributed by atoms with van der Waals surface area (Å²) >= 11 is 0. The molecule has 2 aromatic carbocycles. The van der Waals surface area contributed by atoms with Crippen molar-refractivity contribution < 1.29 is 23.5 Å². The quantitative estimate of drug-likeness (QED) is 0.599. The number of ether oxygens (including phenoxy) is 1. The zero-order valence-electron chi connectivity index (χ0n) is 16.2. The van der Waals surface area contributed by atoms with Crippen molar-refractivity contribution in [3.8, 4) is 0 Å². The van der Waals surface area contributed by atoms with E-state index in [1.807, 2.05) is 18.2 Å². The van der Waals surface area contributed by atoms with Crippen LogP contribution >= 0.6 is 0 Å². The van der Waals surface area contributed by atoms with E-state index in [1.54, 1.807) is 50.2 Å².